The summed E-state index contributed by atoms with van der Waals surface area (Å²) < 4.78 is 0. The highest BCUT2D eigenvalue weighted by molar-refractivity contribution is 5.74. The summed E-state index contributed by atoms with van der Waals surface area (Å²) in [6.07, 6.45) is 2.09. The molecule has 1 aliphatic heterocycles. The van der Waals surface area contributed by atoms with Gasteiger partial charge in [-0.3, -0.25) is 5.41 Å². The molecule has 0 aromatic heterocycles. The Morgan fingerprint density at radius 1 is 1.73 bits per heavy atom. The Labute approximate surface area is 66.5 Å². The van der Waals surface area contributed by atoms with Gasteiger partial charge < -0.3 is 15.7 Å². The van der Waals surface area contributed by atoms with Gasteiger partial charge in [-0.2, -0.15) is 0 Å². The van der Waals surface area contributed by atoms with Crippen molar-refractivity contribution in [1.82, 2.24) is 4.90 Å². The largest absolute Gasteiger partial charge is 0.396 e. The Hall–Kier alpha value is -0.770. The zero-order valence-electron chi connectivity index (χ0n) is 6.58. The molecule has 0 aliphatic carbocycles. The van der Waals surface area contributed by atoms with Crippen molar-refractivity contribution < 1.29 is 5.11 Å². The second-order valence-electron chi connectivity index (χ2n) is 3.02. The molecule has 1 aliphatic rings. The van der Waals surface area contributed by atoms with Crippen LogP contribution in [0.3, 0.4) is 0 Å². The molecule has 1 heterocycles. The van der Waals surface area contributed by atoms with Gasteiger partial charge in [0.15, 0.2) is 5.96 Å². The number of guanidine groups is 1. The molecule has 4 heteroatoms. The summed E-state index contributed by atoms with van der Waals surface area (Å²) in [5, 5.41) is 16.0. The molecule has 4 nitrogen and oxygen atoms in total. The minimum absolute atomic E-state index is 0.128. The molecule has 1 fully saturated rings. The fraction of sp³-hybridized carbons (Fsp3) is 0.857. The number of nitrogens with zero attached hydrogens (tertiary/aromatic N) is 1. The van der Waals surface area contributed by atoms with Crippen LogP contribution < -0.4 is 5.73 Å². The molecule has 0 spiro atoms. The van der Waals surface area contributed by atoms with Gasteiger partial charge in [-0.25, -0.2) is 0 Å². The van der Waals surface area contributed by atoms with Crippen LogP contribution in [-0.2, 0) is 0 Å². The van der Waals surface area contributed by atoms with Crippen molar-refractivity contribution in [3.63, 3.8) is 0 Å². The van der Waals surface area contributed by atoms with E-state index in [1.165, 1.54) is 0 Å². The first-order valence-corrected chi connectivity index (χ1v) is 3.94. The Morgan fingerprint density at radius 2 is 2.45 bits per heavy atom. The van der Waals surface area contributed by atoms with Gasteiger partial charge in [-0.05, 0) is 18.8 Å². The standard InChI is InChI=1S/C7H15N3O/c8-7(9)10-3-1-2-6(4-10)5-11/h6,11H,1-5H2,(H3,8,9)/t6-/m0/s1. The SMILES string of the molecule is N=C(N)N1CCC[C@H](CO)C1. The van der Waals surface area contributed by atoms with E-state index in [9.17, 15) is 0 Å². The molecule has 64 valence electrons. The molecule has 0 amide bonds. The Morgan fingerprint density at radius 3 is 3.00 bits per heavy atom. The van der Waals surface area contributed by atoms with E-state index in [4.69, 9.17) is 16.2 Å². The third-order valence-electron chi connectivity index (χ3n) is 2.12. The van der Waals surface area contributed by atoms with Gasteiger partial charge in [0.2, 0.25) is 0 Å². The van der Waals surface area contributed by atoms with Crippen molar-refractivity contribution in [3.8, 4) is 0 Å². The second-order valence-corrected chi connectivity index (χ2v) is 3.02. The number of aliphatic hydroxyl groups is 1. The average molecular weight is 157 g/mol. The average Bonchev–Trinajstić information content (AvgIpc) is 2.05. The Kier molecular flexibility index (Phi) is 2.70. The van der Waals surface area contributed by atoms with Gasteiger partial charge in [-0.1, -0.05) is 0 Å². The topological polar surface area (TPSA) is 73.3 Å². The highest BCUT2D eigenvalue weighted by Crippen LogP contribution is 2.14. The molecule has 0 radical (unpaired) electrons. The first-order chi connectivity index (χ1) is 5.24. The summed E-state index contributed by atoms with van der Waals surface area (Å²) >= 11 is 0. The highest BCUT2D eigenvalue weighted by Gasteiger charge is 2.19. The molecule has 0 aromatic rings. The third-order valence-corrected chi connectivity index (χ3v) is 2.12. The summed E-state index contributed by atoms with van der Waals surface area (Å²) in [4.78, 5) is 1.81. The minimum atomic E-state index is 0.128. The van der Waals surface area contributed by atoms with Crippen molar-refractivity contribution in [3.05, 3.63) is 0 Å². The van der Waals surface area contributed by atoms with Crippen LogP contribution in [-0.4, -0.2) is 35.7 Å². The lowest BCUT2D eigenvalue weighted by molar-refractivity contribution is 0.159. The van der Waals surface area contributed by atoms with E-state index < -0.39 is 0 Å². The predicted molar refractivity (Wildman–Crippen MR) is 43.3 cm³/mol. The molecule has 0 saturated carbocycles. The lowest BCUT2D eigenvalue weighted by atomic mass is 9.99. The van der Waals surface area contributed by atoms with E-state index >= 15 is 0 Å². The summed E-state index contributed by atoms with van der Waals surface area (Å²) in [5.74, 6) is 0.441. The summed E-state index contributed by atoms with van der Waals surface area (Å²) in [7, 11) is 0. The van der Waals surface area contributed by atoms with E-state index in [2.05, 4.69) is 0 Å². The molecular weight excluding hydrogens is 142 g/mol. The van der Waals surface area contributed by atoms with Crippen LogP contribution in [0.1, 0.15) is 12.8 Å². The van der Waals surface area contributed by atoms with E-state index in [0.717, 1.165) is 25.9 Å². The Balaban J connectivity index is 2.39. The Bertz CT molecular complexity index is 149. The fourth-order valence-corrected chi connectivity index (χ4v) is 1.43. The minimum Gasteiger partial charge on any atom is -0.396 e. The van der Waals surface area contributed by atoms with Crippen molar-refractivity contribution in [1.29, 1.82) is 5.41 Å². The van der Waals surface area contributed by atoms with Gasteiger partial charge >= 0.3 is 0 Å². The van der Waals surface area contributed by atoms with Crippen LogP contribution in [0.2, 0.25) is 0 Å². The molecule has 4 N–H and O–H groups in total. The third kappa shape index (κ3) is 2.08. The van der Waals surface area contributed by atoms with Gasteiger partial charge in [0.05, 0.1) is 0 Å². The lowest BCUT2D eigenvalue weighted by Gasteiger charge is -2.31. The van der Waals surface area contributed by atoms with Crippen LogP contribution in [0.15, 0.2) is 0 Å². The quantitative estimate of drug-likeness (QED) is 0.357. The van der Waals surface area contributed by atoms with Gasteiger partial charge in [-0.15, -0.1) is 0 Å². The molecule has 1 rings (SSSR count). The molecule has 1 saturated heterocycles. The number of nitrogens with two attached hydrogens (primary N) is 1. The van der Waals surface area contributed by atoms with E-state index in [-0.39, 0.29) is 12.6 Å². The first kappa shape index (κ1) is 8.33. The van der Waals surface area contributed by atoms with Gasteiger partial charge in [0, 0.05) is 19.7 Å². The number of likely N-dealkylation sites (tertiary alicyclic amines) is 1. The number of nitrogens with one attached hydrogen (secondary N) is 1. The number of hydrogen-bond donors (Lipinski definition) is 3. The van der Waals surface area contributed by atoms with E-state index in [1.54, 1.807) is 0 Å². The molecule has 0 aromatic carbocycles. The van der Waals surface area contributed by atoms with Crippen LogP contribution in [0.4, 0.5) is 0 Å². The molecular formula is C7H15N3O. The highest BCUT2D eigenvalue weighted by atomic mass is 16.3. The normalized spacial score (nSPS) is 25.2. The van der Waals surface area contributed by atoms with Crippen molar-refractivity contribution in [2.75, 3.05) is 19.7 Å². The molecule has 1 atom stereocenters. The van der Waals surface area contributed by atoms with Crippen LogP contribution in [0.25, 0.3) is 0 Å². The predicted octanol–water partition coefficient (Wildman–Crippen LogP) is -0.416. The summed E-state index contributed by atoms with van der Waals surface area (Å²) in [6.45, 7) is 1.82. The van der Waals surface area contributed by atoms with Crippen molar-refractivity contribution in [2.24, 2.45) is 11.7 Å². The van der Waals surface area contributed by atoms with E-state index in [1.807, 2.05) is 4.90 Å². The van der Waals surface area contributed by atoms with Gasteiger partial charge in [0.1, 0.15) is 0 Å². The number of piperidine rings is 1. The summed E-state index contributed by atoms with van der Waals surface area (Å²) in [5.41, 5.74) is 5.31. The maximum Gasteiger partial charge on any atom is 0.188 e. The monoisotopic (exact) mass is 157 g/mol. The lowest BCUT2D eigenvalue weighted by Crippen LogP contribution is -2.44. The number of aliphatic hydroxyl groups excluding tert-OH is 1. The van der Waals surface area contributed by atoms with Crippen LogP contribution >= 0.6 is 0 Å². The zero-order valence-corrected chi connectivity index (χ0v) is 6.58. The number of rotatable bonds is 1. The van der Waals surface area contributed by atoms with Crippen LogP contribution in [0.5, 0.6) is 0 Å². The maximum absolute atomic E-state index is 8.85. The van der Waals surface area contributed by atoms with Gasteiger partial charge in [0.25, 0.3) is 0 Å². The van der Waals surface area contributed by atoms with Crippen molar-refractivity contribution in [2.45, 2.75) is 12.8 Å². The number of hydrogen-bond acceptors (Lipinski definition) is 2. The second kappa shape index (κ2) is 3.57. The van der Waals surface area contributed by atoms with E-state index in [0.29, 0.717) is 5.92 Å². The van der Waals surface area contributed by atoms with Crippen LogP contribution in [0, 0.1) is 11.3 Å². The zero-order chi connectivity index (χ0) is 8.27. The molecule has 0 bridgehead atoms. The first-order valence-electron chi connectivity index (χ1n) is 3.94. The van der Waals surface area contributed by atoms with Crippen molar-refractivity contribution >= 4 is 5.96 Å². The molecule has 0 unspecified atom stereocenters. The fourth-order valence-electron chi connectivity index (χ4n) is 1.43. The maximum atomic E-state index is 8.85. The smallest absolute Gasteiger partial charge is 0.188 e. The summed E-state index contributed by atoms with van der Waals surface area (Å²) in [6, 6.07) is 0. The molecule has 11 heavy (non-hydrogen) atoms.